The number of H-pyrrole nitrogens is 1. The van der Waals surface area contributed by atoms with Gasteiger partial charge in [-0.1, -0.05) is 24.3 Å². The van der Waals surface area contributed by atoms with E-state index in [9.17, 15) is 9.59 Å². The first-order chi connectivity index (χ1) is 20.7. The van der Waals surface area contributed by atoms with Crippen molar-refractivity contribution >= 4 is 11.6 Å². The van der Waals surface area contributed by atoms with E-state index in [-0.39, 0.29) is 18.0 Å². The largest absolute Gasteiger partial charge is 0.381 e. The average molecular weight is 584 g/mol. The van der Waals surface area contributed by atoms with Gasteiger partial charge in [-0.2, -0.15) is 0 Å². The predicted octanol–water partition coefficient (Wildman–Crippen LogP) is 5.12. The molecular weight excluding hydrogens is 538 g/mol. The van der Waals surface area contributed by atoms with Crippen LogP contribution in [0.25, 0.3) is 11.1 Å². The third-order valence-corrected chi connectivity index (χ3v) is 8.77. The summed E-state index contributed by atoms with van der Waals surface area (Å²) in [6, 6.07) is 15.2. The first-order valence-electron chi connectivity index (χ1n) is 15.4. The number of rotatable bonds is 9. The summed E-state index contributed by atoms with van der Waals surface area (Å²) in [5, 5.41) is 3.04. The monoisotopic (exact) mass is 583 g/mol. The van der Waals surface area contributed by atoms with Gasteiger partial charge in [-0.15, -0.1) is 0 Å². The maximum Gasteiger partial charge on any atom is 0.253 e. The lowest BCUT2D eigenvalue weighted by atomic mass is 9.94. The summed E-state index contributed by atoms with van der Waals surface area (Å²) in [6.07, 6.45) is 6.19. The number of carbonyl (C=O) groups is 1. The Morgan fingerprint density at radius 2 is 1.77 bits per heavy atom. The molecule has 8 nitrogen and oxygen atoms in total. The molecule has 2 N–H and O–H groups in total. The Hall–Kier alpha value is -4.04. The highest BCUT2D eigenvalue weighted by Crippen LogP contribution is 2.34. The van der Waals surface area contributed by atoms with Crippen molar-refractivity contribution in [3.05, 3.63) is 98.7 Å². The van der Waals surface area contributed by atoms with Gasteiger partial charge in [0.2, 0.25) is 0 Å². The van der Waals surface area contributed by atoms with E-state index in [1.54, 1.807) is 0 Å². The second kappa shape index (κ2) is 13.5. The van der Waals surface area contributed by atoms with E-state index in [1.807, 2.05) is 32.9 Å². The number of ether oxygens (including phenoxy) is 1. The van der Waals surface area contributed by atoms with Crippen molar-refractivity contribution in [3.63, 3.8) is 0 Å². The molecule has 0 atom stereocenters. The third kappa shape index (κ3) is 7.13. The summed E-state index contributed by atoms with van der Waals surface area (Å²) in [4.78, 5) is 36.2. The first kappa shape index (κ1) is 30.4. The highest BCUT2D eigenvalue weighted by Gasteiger charge is 2.25. The normalized spacial score (nSPS) is 15.6. The highest BCUT2D eigenvalue weighted by molar-refractivity contribution is 5.99. The van der Waals surface area contributed by atoms with Gasteiger partial charge in [-0.25, -0.2) is 0 Å². The van der Waals surface area contributed by atoms with Crippen molar-refractivity contribution in [2.45, 2.75) is 59.7 Å². The number of benzene rings is 2. The summed E-state index contributed by atoms with van der Waals surface area (Å²) in [7, 11) is 2.10. The zero-order chi connectivity index (χ0) is 30.5. The molecule has 43 heavy (non-hydrogen) atoms. The van der Waals surface area contributed by atoms with E-state index < -0.39 is 0 Å². The number of nitrogens with one attached hydrogen (secondary N) is 2. The molecule has 0 aliphatic carbocycles. The Morgan fingerprint density at radius 1 is 1.02 bits per heavy atom. The lowest BCUT2D eigenvalue weighted by molar-refractivity contribution is 0.0846. The van der Waals surface area contributed by atoms with E-state index in [4.69, 9.17) is 4.74 Å². The van der Waals surface area contributed by atoms with Gasteiger partial charge in [0.25, 0.3) is 11.5 Å². The maximum atomic E-state index is 13.8. The van der Waals surface area contributed by atoms with Crippen molar-refractivity contribution in [2.24, 2.45) is 0 Å². The standard InChI is InChI=1S/C35H45N5O3/c1-6-40(30-11-17-43-18-12-30)33-21-29(28-9-7-27(8-10-28)23-39-15-13-38(5)14-16-39)20-31(26(33)4)34(41)36-22-32-24(2)19-25(3)37-35(32)42/h7-10,13,15,19-21,30H,6,11-12,14,16-18,22-23H2,1-5H3,(H,36,41)(H,37,42). The Kier molecular flexibility index (Phi) is 9.56. The van der Waals surface area contributed by atoms with Crippen LogP contribution >= 0.6 is 0 Å². The van der Waals surface area contributed by atoms with Crippen molar-refractivity contribution in [3.8, 4) is 11.1 Å². The minimum Gasteiger partial charge on any atom is -0.381 e. The van der Waals surface area contributed by atoms with E-state index >= 15 is 0 Å². The Bertz CT molecular complexity index is 1520. The SMILES string of the molecule is CCN(c1cc(-c2ccc(CN3C=CN(C)CC3)cc2)cc(C(=O)NCc2c(C)cc(C)[nH]c2=O)c1C)C1CCOCC1. The smallest absolute Gasteiger partial charge is 0.253 e. The van der Waals surface area contributed by atoms with Gasteiger partial charge < -0.3 is 29.7 Å². The van der Waals surface area contributed by atoms with Crippen LogP contribution in [-0.4, -0.2) is 66.6 Å². The van der Waals surface area contributed by atoms with Gasteiger partial charge in [0, 0.05) is 93.9 Å². The van der Waals surface area contributed by atoms with Crippen molar-refractivity contribution in [1.82, 2.24) is 20.1 Å². The number of carbonyl (C=O) groups excluding carboxylic acids is 1. The molecule has 1 fully saturated rings. The topological polar surface area (TPSA) is 80.9 Å². The first-order valence-corrected chi connectivity index (χ1v) is 15.4. The molecule has 2 aliphatic rings. The van der Waals surface area contributed by atoms with Crippen molar-refractivity contribution in [2.75, 3.05) is 44.8 Å². The fourth-order valence-electron chi connectivity index (χ4n) is 6.20. The Balaban J connectivity index is 1.46. The molecule has 1 amide bonds. The quantitative estimate of drug-likeness (QED) is 0.364. The lowest BCUT2D eigenvalue weighted by Crippen LogP contribution is -2.40. The number of hydrogen-bond donors (Lipinski definition) is 2. The summed E-state index contributed by atoms with van der Waals surface area (Å²) < 4.78 is 5.66. The lowest BCUT2D eigenvalue weighted by Gasteiger charge is -2.37. The van der Waals surface area contributed by atoms with Crippen LogP contribution in [0.5, 0.6) is 0 Å². The molecule has 2 aliphatic heterocycles. The van der Waals surface area contributed by atoms with E-state index in [1.165, 1.54) is 5.56 Å². The van der Waals surface area contributed by atoms with Crippen LogP contribution in [0, 0.1) is 20.8 Å². The molecule has 0 bridgehead atoms. The number of aromatic amines is 1. The number of anilines is 1. The van der Waals surface area contributed by atoms with Crippen LogP contribution in [0.1, 0.15) is 58.1 Å². The number of aromatic nitrogens is 1. The number of nitrogens with zero attached hydrogens (tertiary/aromatic N) is 3. The Labute approximate surface area is 255 Å². The van der Waals surface area contributed by atoms with Gasteiger partial charge in [-0.3, -0.25) is 9.59 Å². The highest BCUT2D eigenvalue weighted by atomic mass is 16.5. The molecular formula is C35H45N5O3. The van der Waals surface area contributed by atoms with Crippen LogP contribution in [0.4, 0.5) is 5.69 Å². The molecule has 8 heteroatoms. The molecule has 3 aromatic rings. The van der Waals surface area contributed by atoms with Crippen LogP contribution in [0.15, 0.2) is 59.7 Å². The summed E-state index contributed by atoms with van der Waals surface area (Å²) in [5.41, 5.74) is 8.08. The van der Waals surface area contributed by atoms with E-state index in [0.29, 0.717) is 17.2 Å². The molecule has 0 unspecified atom stereocenters. The van der Waals surface area contributed by atoms with Crippen molar-refractivity contribution in [1.29, 1.82) is 0 Å². The zero-order valence-corrected chi connectivity index (χ0v) is 26.2. The van der Waals surface area contributed by atoms with Gasteiger partial charge in [0.15, 0.2) is 0 Å². The van der Waals surface area contributed by atoms with Crippen LogP contribution in [0.2, 0.25) is 0 Å². The zero-order valence-electron chi connectivity index (χ0n) is 26.2. The van der Waals surface area contributed by atoms with Gasteiger partial charge in [0.05, 0.1) is 0 Å². The van der Waals surface area contributed by atoms with Crippen LogP contribution < -0.4 is 15.8 Å². The van der Waals surface area contributed by atoms with E-state index in [0.717, 1.165) is 85.9 Å². The van der Waals surface area contributed by atoms with Crippen molar-refractivity contribution < 1.29 is 9.53 Å². The Morgan fingerprint density at radius 3 is 2.42 bits per heavy atom. The number of likely N-dealkylation sites (N-methyl/N-ethyl adjacent to an activating group) is 1. The molecule has 5 rings (SSSR count). The molecule has 3 heterocycles. The maximum absolute atomic E-state index is 13.8. The second-order valence-electron chi connectivity index (χ2n) is 11.9. The van der Waals surface area contributed by atoms with Gasteiger partial charge >= 0.3 is 0 Å². The average Bonchev–Trinajstić information content (AvgIpc) is 3.00. The summed E-state index contributed by atoms with van der Waals surface area (Å²) in [5.74, 6) is -0.179. The van der Waals surface area contributed by atoms with Crippen LogP contribution in [-0.2, 0) is 17.8 Å². The molecule has 2 aromatic carbocycles. The molecule has 0 spiro atoms. The summed E-state index contributed by atoms with van der Waals surface area (Å²) >= 11 is 0. The molecule has 1 saturated heterocycles. The number of hydrogen-bond acceptors (Lipinski definition) is 6. The van der Waals surface area contributed by atoms with Gasteiger partial charge in [0.1, 0.15) is 0 Å². The fraction of sp³-hybridized carbons (Fsp3) is 0.429. The minimum absolute atomic E-state index is 0.159. The third-order valence-electron chi connectivity index (χ3n) is 8.77. The summed E-state index contributed by atoms with van der Waals surface area (Å²) in [6.45, 7) is 13.4. The number of amides is 1. The fourth-order valence-corrected chi connectivity index (χ4v) is 6.20. The number of aryl methyl sites for hydroxylation is 2. The van der Waals surface area contributed by atoms with E-state index in [2.05, 4.69) is 81.7 Å². The molecule has 0 saturated carbocycles. The molecule has 228 valence electrons. The van der Waals surface area contributed by atoms with Gasteiger partial charge in [-0.05, 0) is 86.6 Å². The predicted molar refractivity (Wildman–Crippen MR) is 173 cm³/mol. The minimum atomic E-state index is -0.179. The number of pyridine rings is 1. The molecule has 1 aromatic heterocycles. The van der Waals surface area contributed by atoms with Crippen LogP contribution in [0.3, 0.4) is 0 Å². The molecule has 0 radical (unpaired) electrons. The second-order valence-corrected chi connectivity index (χ2v) is 11.9.